The van der Waals surface area contributed by atoms with Gasteiger partial charge in [-0.1, -0.05) is 173 Å². The maximum absolute atomic E-state index is 13.9. The van der Waals surface area contributed by atoms with Gasteiger partial charge in [0.2, 0.25) is 23.6 Å². The number of amides is 10. The molecule has 41 heteroatoms. The molecule has 0 radical (unpaired) electrons. The van der Waals surface area contributed by atoms with Crippen LogP contribution in [0.1, 0.15) is 164 Å². The van der Waals surface area contributed by atoms with Crippen molar-refractivity contribution in [3.63, 3.8) is 0 Å². The van der Waals surface area contributed by atoms with Gasteiger partial charge in [-0.05, 0) is 214 Å². The quantitative estimate of drug-likeness (QED) is 0.0219. The normalized spacial score (nSPS) is 16.1. The van der Waals surface area contributed by atoms with Crippen molar-refractivity contribution >= 4 is 200 Å². The van der Waals surface area contributed by atoms with Crippen molar-refractivity contribution < 1.29 is 66.9 Å². The Labute approximate surface area is 917 Å². The Kier molecular flexibility index (Phi) is 41.3. The van der Waals surface area contributed by atoms with E-state index in [4.69, 9.17) is 18.9 Å². The molecule has 7 aromatic heterocycles. The fourth-order valence-corrected chi connectivity index (χ4v) is 26.4. The minimum atomic E-state index is -0.193. The lowest BCUT2D eigenvalue weighted by atomic mass is 10.0. The van der Waals surface area contributed by atoms with Crippen LogP contribution in [0.4, 0.5) is 26.3 Å². The van der Waals surface area contributed by atoms with E-state index in [0.717, 1.165) is 108 Å². The van der Waals surface area contributed by atoms with Crippen LogP contribution in [0.3, 0.4) is 0 Å². The second kappa shape index (κ2) is 54.0. The summed E-state index contributed by atoms with van der Waals surface area (Å²) in [5, 5.41) is 21.5. The molecule has 792 valence electrons. The van der Waals surface area contributed by atoms with Gasteiger partial charge in [0.05, 0.1) is 128 Å². The first kappa shape index (κ1) is 115. The first-order valence-electron chi connectivity index (χ1n) is 49.0. The molecule has 4 saturated heterocycles. The number of anilines is 5. The maximum Gasteiger partial charge on any atom is 0.258 e. The number of nitrogens with zero attached hydrogens (tertiary/aromatic N) is 13. The molecule has 0 spiro atoms. The largest absolute Gasteiger partial charge is 0.496 e. The van der Waals surface area contributed by atoms with E-state index in [-0.39, 0.29) is 107 Å². The fraction of sp³-hybridized carbons (Fsp3) is 0.367. The van der Waals surface area contributed by atoms with Gasteiger partial charge in [-0.3, -0.25) is 58.6 Å². The number of thiophene rings is 2. The SMILES string of the molecule is C=CC(=C)N1CC[C@@H](N(C)C(=O)c2cc(Sc3cnc(NC(=O)c4ccsc4)s3)c(C)cc2OC)C1.C=CC(=O)N1CCCN(C(=O)c2cc(Sc3cnc(NC(=O)C4CC4)s3)c(C)cc2OC)C[C@H]1C(C)C.C=CC(=O)N1CCCN(C(=O)c2cc(Sc3cnc(NC(=O)c4ccsc4)s3)c(C)cc2OC)C[C@H]1C(C)C.C=CC(=O)N1CCCN(C(=O)c2cc(Sc3cnc(Nc4ccccn4)s3)c(C)cc2OC)C[C@H]1C(C)C. The zero-order valence-corrected chi connectivity index (χ0v) is 95.0. The number of aryl methyl sites for hydroxylation is 4. The first-order valence-corrected chi connectivity index (χ1v) is 57.4. The molecule has 4 aliphatic heterocycles. The second-order valence-corrected chi connectivity index (χ2v) is 48.2. The zero-order valence-electron chi connectivity index (χ0n) is 86.8. The third kappa shape index (κ3) is 29.7. The van der Waals surface area contributed by atoms with Gasteiger partial charge >= 0.3 is 0 Å². The summed E-state index contributed by atoms with van der Waals surface area (Å²) in [4.78, 5) is 170. The summed E-state index contributed by atoms with van der Waals surface area (Å²) in [5.74, 6) is 2.48. The number of carbonyl (C=O) groups excluding carboxylic acids is 10. The van der Waals surface area contributed by atoms with E-state index >= 15 is 0 Å². The smallest absolute Gasteiger partial charge is 0.258 e. The lowest BCUT2D eigenvalue weighted by Crippen LogP contribution is -2.47. The van der Waals surface area contributed by atoms with Crippen molar-refractivity contribution in [2.24, 2.45) is 23.7 Å². The molecule has 5 fully saturated rings. The summed E-state index contributed by atoms with van der Waals surface area (Å²) in [6, 6.07) is 24.1. The molecule has 11 aromatic rings. The summed E-state index contributed by atoms with van der Waals surface area (Å²) >= 11 is 14.7. The van der Waals surface area contributed by atoms with Gasteiger partial charge in [-0.2, -0.15) is 22.7 Å². The molecular weight excluding hydrogens is 2090 g/mol. The summed E-state index contributed by atoms with van der Waals surface area (Å²) in [6.45, 7) is 45.5. The monoisotopic (exact) mass is 2220 g/mol. The third-order valence-electron chi connectivity index (χ3n) is 25.9. The number of rotatable bonds is 33. The number of allylic oxidation sites excluding steroid dienone is 1. The molecule has 4 aromatic carbocycles. The Balaban J connectivity index is 0.000000167. The molecule has 1 saturated carbocycles. The number of benzene rings is 4. The number of hydrogen-bond acceptors (Lipinski definition) is 31. The van der Waals surface area contributed by atoms with Crippen molar-refractivity contribution in [2.75, 3.05) is 129 Å². The van der Waals surface area contributed by atoms with Gasteiger partial charge in [-0.25, -0.2) is 24.9 Å². The standard InChI is InChI=1S/C28H33N5O3S2.C28H32N4O4S3.C27H34N4O4S2.C26H28N4O3S3/c1-6-25(34)33-13-9-12-32(17-21(33)18(2)3)27(35)20-15-23(19(4)14-22(20)36-5)37-26-16-30-28(38-26)31-24-10-7-8-11-29-24;1-6-24(33)32-10-7-9-31(15-21(32)17(2)3)27(35)20-13-23(18(4)12-22(20)36-5)38-25-14-29-28(39-25)30-26(34)19-8-11-37-16-19;1-6-23(32)31-11-7-10-30(15-20(31)16(2)3)26(34)19-13-22(17(4)12-21(19)35-5)36-24-14-28-27(37-24)29-25(33)18-8-9-18;1-6-17(3)30-9-7-19(14-30)29(4)25(32)20-12-22(16(2)11-21(20)33-5)35-23-13-27-26(36-23)28-24(31)18-8-10-34-15-18/h6-8,10-11,14-16,18,21H,1,9,12-13,17H2,2-5H3,(H,29,30,31);6,8,11-14,16-17,21H,1,7,9-10,15H2,2-5H3,(H,29,30,34);6,12-14,16,18,20H,1,7-11,15H2,2-5H3,(H,28,29,33);6,8,10-13,15,19H,1,3,7,9,14H2,2,4-5H3,(H,27,28,31)/t2*21-;20-;19-/m0001/s1. The number of thiazole rings is 4. The Hall–Kier alpha value is -12.5. The fourth-order valence-electron chi connectivity index (χ4n) is 17.3. The number of hydrogen-bond donors (Lipinski definition) is 4. The Morgan fingerprint density at radius 2 is 0.780 bits per heavy atom. The number of ether oxygens (including phenoxy) is 4. The van der Waals surface area contributed by atoms with Crippen LogP contribution in [0, 0.1) is 51.4 Å². The number of likely N-dealkylation sites (N-methyl/N-ethyl adjacent to an activating group) is 1. The molecule has 11 heterocycles. The van der Waals surface area contributed by atoms with Crippen molar-refractivity contribution in [1.29, 1.82) is 0 Å². The minimum absolute atomic E-state index is 0.0323. The zero-order chi connectivity index (χ0) is 108. The molecule has 4 atom stereocenters. The van der Waals surface area contributed by atoms with Crippen LogP contribution in [0.2, 0.25) is 0 Å². The van der Waals surface area contributed by atoms with E-state index in [0.29, 0.717) is 150 Å². The number of aromatic nitrogens is 5. The molecule has 31 nitrogen and oxygen atoms in total. The molecular formula is C109H127N17O14S10. The average Bonchev–Trinajstić information content (AvgIpc) is 1.60. The van der Waals surface area contributed by atoms with Crippen molar-refractivity contribution in [3.8, 4) is 23.0 Å². The van der Waals surface area contributed by atoms with E-state index in [1.165, 1.54) is 122 Å². The first-order chi connectivity index (χ1) is 72.0. The topological polar surface area (TPSA) is 346 Å². The number of likely N-dealkylation sites (tertiary alicyclic amines) is 1. The molecule has 0 unspecified atom stereocenters. The molecule has 0 bridgehead atoms. The minimum Gasteiger partial charge on any atom is -0.496 e. The van der Waals surface area contributed by atoms with Crippen LogP contribution in [0.15, 0.2) is 231 Å². The Morgan fingerprint density at radius 1 is 0.427 bits per heavy atom. The molecule has 10 amide bonds. The summed E-state index contributed by atoms with van der Waals surface area (Å²) in [6.07, 6.45) is 19.4. The van der Waals surface area contributed by atoms with E-state index < -0.39 is 0 Å². The molecule has 150 heavy (non-hydrogen) atoms. The van der Waals surface area contributed by atoms with Gasteiger partial charge in [0.1, 0.15) is 28.8 Å². The van der Waals surface area contributed by atoms with Gasteiger partial charge < -0.3 is 68.8 Å². The Morgan fingerprint density at radius 3 is 1.11 bits per heavy atom. The predicted octanol–water partition coefficient (Wildman–Crippen LogP) is 22.1. The average molecular weight is 2220 g/mol. The van der Waals surface area contributed by atoms with E-state index in [2.05, 4.69) is 126 Å². The number of pyridine rings is 1. The lowest BCUT2D eigenvalue weighted by molar-refractivity contribution is -0.129. The number of methoxy groups -OCH3 is 4. The molecule has 5 aliphatic rings. The second-order valence-electron chi connectivity index (χ2n) is 37.1. The van der Waals surface area contributed by atoms with Crippen LogP contribution < -0.4 is 40.2 Å². The molecule has 4 N–H and O–H groups in total. The number of carbonyl (C=O) groups is 10. The van der Waals surface area contributed by atoms with Crippen LogP contribution >= 0.6 is 115 Å². The summed E-state index contributed by atoms with van der Waals surface area (Å²) in [5.41, 5.74) is 8.04. The molecule has 16 rings (SSSR count). The highest BCUT2D eigenvalue weighted by Crippen LogP contribution is 2.46. The van der Waals surface area contributed by atoms with Gasteiger partial charge in [0.15, 0.2) is 20.5 Å². The summed E-state index contributed by atoms with van der Waals surface area (Å²) in [7, 11) is 8.13. The van der Waals surface area contributed by atoms with Gasteiger partial charge in [-0.15, -0.1) is 0 Å². The van der Waals surface area contributed by atoms with Crippen LogP contribution in [0.25, 0.3) is 0 Å². The van der Waals surface area contributed by atoms with Crippen molar-refractivity contribution in [1.82, 2.24) is 64.1 Å². The highest BCUT2D eigenvalue weighted by Gasteiger charge is 2.39. The lowest BCUT2D eigenvalue weighted by Gasteiger charge is -2.34. The third-order valence-corrected chi connectivity index (χ3v) is 36.0. The van der Waals surface area contributed by atoms with E-state index in [9.17, 15) is 47.9 Å². The van der Waals surface area contributed by atoms with E-state index in [1.807, 2.05) is 148 Å². The summed E-state index contributed by atoms with van der Waals surface area (Å²) < 4.78 is 26.1. The van der Waals surface area contributed by atoms with Crippen LogP contribution in [0.5, 0.6) is 23.0 Å². The molecule has 1 aliphatic carbocycles. The van der Waals surface area contributed by atoms with Crippen LogP contribution in [-0.4, -0.2) is 255 Å². The highest BCUT2D eigenvalue weighted by atomic mass is 32.2. The van der Waals surface area contributed by atoms with E-state index in [1.54, 1.807) is 98.9 Å². The Bertz CT molecular complexity index is 6700. The number of nitrogens with one attached hydrogen (secondary N) is 4. The van der Waals surface area contributed by atoms with Gasteiger partial charge in [0, 0.05) is 127 Å². The predicted molar refractivity (Wildman–Crippen MR) is 604 cm³/mol. The maximum atomic E-state index is 13.9. The van der Waals surface area contributed by atoms with Gasteiger partial charge in [0.25, 0.3) is 35.4 Å². The van der Waals surface area contributed by atoms with Crippen molar-refractivity contribution in [3.05, 3.63) is 250 Å². The highest BCUT2D eigenvalue weighted by molar-refractivity contribution is 8.02. The van der Waals surface area contributed by atoms with Crippen LogP contribution in [-0.2, 0) is 19.2 Å². The van der Waals surface area contributed by atoms with Crippen molar-refractivity contribution in [2.45, 2.75) is 168 Å².